The van der Waals surface area contributed by atoms with Gasteiger partial charge in [0.1, 0.15) is 13.1 Å². The zero-order valence-corrected chi connectivity index (χ0v) is 9.47. The van der Waals surface area contributed by atoms with Crippen LogP contribution < -0.4 is 5.73 Å². The monoisotopic (exact) mass is 228 g/mol. The van der Waals surface area contributed by atoms with Crippen LogP contribution in [0.15, 0.2) is 18.2 Å². The molecule has 0 radical (unpaired) electrons. The van der Waals surface area contributed by atoms with Gasteiger partial charge in [-0.25, -0.2) is 0 Å². The smallest absolute Gasteiger partial charge is 0.255 e. The van der Waals surface area contributed by atoms with E-state index in [2.05, 4.69) is 0 Å². The summed E-state index contributed by atoms with van der Waals surface area (Å²) < 4.78 is 0. The second kappa shape index (κ2) is 5.53. The second-order valence-corrected chi connectivity index (χ2v) is 3.55. The summed E-state index contributed by atoms with van der Waals surface area (Å²) in [7, 11) is 0. The third-order valence-corrected chi connectivity index (χ3v) is 2.29. The highest BCUT2D eigenvalue weighted by Gasteiger charge is 2.16. The fourth-order valence-electron chi connectivity index (χ4n) is 1.47. The number of hydrogen-bond acceptors (Lipinski definition) is 4. The van der Waals surface area contributed by atoms with Crippen molar-refractivity contribution in [3.63, 3.8) is 0 Å². The fourth-order valence-corrected chi connectivity index (χ4v) is 1.47. The third-order valence-electron chi connectivity index (χ3n) is 2.29. The van der Waals surface area contributed by atoms with E-state index in [1.165, 1.54) is 4.90 Å². The molecule has 0 saturated carbocycles. The van der Waals surface area contributed by atoms with Gasteiger partial charge in [-0.05, 0) is 30.7 Å². The largest absolute Gasteiger partial charge is 0.399 e. The minimum absolute atomic E-state index is 0.101. The first-order valence-corrected chi connectivity index (χ1v) is 4.99. The topological polar surface area (TPSA) is 93.9 Å². The minimum Gasteiger partial charge on any atom is -0.399 e. The highest BCUT2D eigenvalue weighted by molar-refractivity contribution is 5.96. The molecule has 2 N–H and O–H groups in total. The van der Waals surface area contributed by atoms with Crippen molar-refractivity contribution in [1.82, 2.24) is 4.90 Å². The van der Waals surface area contributed by atoms with E-state index in [1.54, 1.807) is 25.1 Å². The van der Waals surface area contributed by atoms with Crippen LogP contribution in [0.1, 0.15) is 15.9 Å². The molecule has 86 valence electrons. The van der Waals surface area contributed by atoms with Crippen LogP contribution in [0, 0.1) is 29.6 Å². The Kier molecular flexibility index (Phi) is 4.08. The van der Waals surface area contributed by atoms with Gasteiger partial charge in [-0.3, -0.25) is 4.79 Å². The molecule has 0 bridgehead atoms. The first kappa shape index (κ1) is 12.5. The van der Waals surface area contributed by atoms with Gasteiger partial charge in [0.25, 0.3) is 5.91 Å². The van der Waals surface area contributed by atoms with E-state index in [0.29, 0.717) is 11.3 Å². The first-order valence-electron chi connectivity index (χ1n) is 4.99. The number of amides is 1. The maximum absolute atomic E-state index is 12.0. The quantitative estimate of drug-likeness (QED) is 0.618. The Morgan fingerprint density at radius 1 is 1.35 bits per heavy atom. The number of carbonyl (C=O) groups is 1. The molecule has 0 saturated heterocycles. The molecule has 1 amide bonds. The molecular weight excluding hydrogens is 216 g/mol. The van der Waals surface area contributed by atoms with Crippen LogP contribution in [0.25, 0.3) is 0 Å². The Morgan fingerprint density at radius 2 is 1.94 bits per heavy atom. The standard InChI is InChI=1S/C12H12N4O/c1-9-8-10(15)2-3-11(9)12(17)16(6-4-13)7-5-14/h2-3,8H,6-7,15H2,1H3. The van der Waals surface area contributed by atoms with Gasteiger partial charge in [0.15, 0.2) is 0 Å². The van der Waals surface area contributed by atoms with Crippen molar-refractivity contribution >= 4 is 11.6 Å². The van der Waals surface area contributed by atoms with E-state index in [9.17, 15) is 4.79 Å². The summed E-state index contributed by atoms with van der Waals surface area (Å²) in [6.07, 6.45) is 0. The molecule has 17 heavy (non-hydrogen) atoms. The lowest BCUT2D eigenvalue weighted by Crippen LogP contribution is -2.32. The summed E-state index contributed by atoms with van der Waals surface area (Å²) in [5, 5.41) is 17.2. The molecule has 5 heteroatoms. The van der Waals surface area contributed by atoms with Crippen LogP contribution in [-0.2, 0) is 0 Å². The van der Waals surface area contributed by atoms with Crippen molar-refractivity contribution < 1.29 is 4.79 Å². The average molecular weight is 228 g/mol. The zero-order chi connectivity index (χ0) is 12.8. The van der Waals surface area contributed by atoms with Gasteiger partial charge in [0.05, 0.1) is 12.1 Å². The lowest BCUT2D eigenvalue weighted by Gasteiger charge is -2.17. The molecule has 0 aromatic heterocycles. The molecule has 0 aliphatic heterocycles. The predicted octanol–water partition coefficient (Wildman–Crippen LogP) is 1.07. The lowest BCUT2D eigenvalue weighted by molar-refractivity contribution is 0.0794. The Bertz CT molecular complexity index is 494. The molecule has 0 spiro atoms. The Labute approximate surface area is 99.7 Å². The summed E-state index contributed by atoms with van der Waals surface area (Å²) in [6, 6.07) is 8.64. The van der Waals surface area contributed by atoms with E-state index in [4.69, 9.17) is 16.3 Å². The maximum Gasteiger partial charge on any atom is 0.255 e. The van der Waals surface area contributed by atoms with Gasteiger partial charge in [-0.2, -0.15) is 10.5 Å². The summed E-state index contributed by atoms with van der Waals surface area (Å²) in [5.74, 6) is -0.328. The number of rotatable bonds is 3. The summed E-state index contributed by atoms with van der Waals surface area (Å²) in [4.78, 5) is 13.2. The molecule has 1 aromatic rings. The van der Waals surface area contributed by atoms with Crippen molar-refractivity contribution in [1.29, 1.82) is 10.5 Å². The zero-order valence-electron chi connectivity index (χ0n) is 9.47. The van der Waals surface area contributed by atoms with E-state index in [0.717, 1.165) is 5.56 Å². The number of hydrogen-bond donors (Lipinski definition) is 1. The molecular formula is C12H12N4O. The van der Waals surface area contributed by atoms with Crippen molar-refractivity contribution in [2.45, 2.75) is 6.92 Å². The average Bonchev–Trinajstić information content (AvgIpc) is 2.28. The number of aryl methyl sites for hydroxylation is 1. The van der Waals surface area contributed by atoms with Crippen LogP contribution in [0.5, 0.6) is 0 Å². The molecule has 0 aliphatic rings. The summed E-state index contributed by atoms with van der Waals surface area (Å²) >= 11 is 0. The number of nitrogen functional groups attached to an aromatic ring is 1. The van der Waals surface area contributed by atoms with Gasteiger partial charge in [-0.15, -0.1) is 0 Å². The maximum atomic E-state index is 12.0. The third kappa shape index (κ3) is 2.96. The number of nitrogens with zero attached hydrogens (tertiary/aromatic N) is 3. The van der Waals surface area contributed by atoms with Crippen molar-refractivity contribution in [2.24, 2.45) is 0 Å². The molecule has 0 heterocycles. The van der Waals surface area contributed by atoms with Gasteiger partial charge in [0, 0.05) is 11.3 Å². The Hall–Kier alpha value is -2.53. The van der Waals surface area contributed by atoms with E-state index in [1.807, 2.05) is 12.1 Å². The number of benzene rings is 1. The summed E-state index contributed by atoms with van der Waals surface area (Å²) in [6.45, 7) is 1.56. The van der Waals surface area contributed by atoms with Crippen LogP contribution >= 0.6 is 0 Å². The minimum atomic E-state index is -0.328. The van der Waals surface area contributed by atoms with Gasteiger partial charge < -0.3 is 10.6 Å². The van der Waals surface area contributed by atoms with E-state index in [-0.39, 0.29) is 19.0 Å². The molecule has 1 rings (SSSR count). The molecule has 1 aromatic carbocycles. The second-order valence-electron chi connectivity index (χ2n) is 3.55. The van der Waals surface area contributed by atoms with Gasteiger partial charge in [0.2, 0.25) is 0 Å². The van der Waals surface area contributed by atoms with E-state index < -0.39 is 0 Å². The van der Waals surface area contributed by atoms with Crippen LogP contribution in [0.4, 0.5) is 5.69 Å². The van der Waals surface area contributed by atoms with Crippen molar-refractivity contribution in [2.75, 3.05) is 18.8 Å². The molecule has 0 unspecified atom stereocenters. The van der Waals surface area contributed by atoms with Crippen molar-refractivity contribution in [3.8, 4) is 12.1 Å². The Balaban J connectivity index is 3.02. The fraction of sp³-hybridized carbons (Fsp3) is 0.250. The van der Waals surface area contributed by atoms with E-state index >= 15 is 0 Å². The number of anilines is 1. The van der Waals surface area contributed by atoms with Crippen LogP contribution in [0.2, 0.25) is 0 Å². The van der Waals surface area contributed by atoms with Crippen molar-refractivity contribution in [3.05, 3.63) is 29.3 Å². The first-order chi connectivity index (χ1) is 8.10. The van der Waals surface area contributed by atoms with Crippen LogP contribution in [0.3, 0.4) is 0 Å². The number of nitriles is 2. The molecule has 0 atom stereocenters. The number of nitrogens with two attached hydrogens (primary N) is 1. The SMILES string of the molecule is Cc1cc(N)ccc1C(=O)N(CC#N)CC#N. The highest BCUT2D eigenvalue weighted by Crippen LogP contribution is 2.14. The van der Waals surface area contributed by atoms with Gasteiger partial charge >= 0.3 is 0 Å². The predicted molar refractivity (Wildman–Crippen MR) is 62.7 cm³/mol. The summed E-state index contributed by atoms with van der Waals surface area (Å²) in [5.41, 5.74) is 7.36. The highest BCUT2D eigenvalue weighted by atomic mass is 16.2. The van der Waals surface area contributed by atoms with Crippen LogP contribution in [-0.4, -0.2) is 23.9 Å². The normalized spacial score (nSPS) is 9.12. The molecule has 0 fully saturated rings. The molecule has 0 aliphatic carbocycles. The Morgan fingerprint density at radius 3 is 2.41 bits per heavy atom. The van der Waals surface area contributed by atoms with Gasteiger partial charge in [-0.1, -0.05) is 0 Å². The number of carbonyl (C=O) groups excluding carboxylic acids is 1. The lowest BCUT2D eigenvalue weighted by atomic mass is 10.1. The molecule has 5 nitrogen and oxygen atoms in total.